The van der Waals surface area contributed by atoms with Crippen molar-refractivity contribution in [2.45, 2.75) is 25.4 Å². The Labute approximate surface area is 164 Å². The highest BCUT2D eigenvalue weighted by molar-refractivity contribution is 7.13. The van der Waals surface area contributed by atoms with Crippen LogP contribution in [0.3, 0.4) is 0 Å². The molecule has 1 N–H and O–H groups in total. The smallest absolute Gasteiger partial charge is 0.251 e. The fourth-order valence-corrected chi connectivity index (χ4v) is 4.34. The molecule has 0 atom stereocenters. The molecule has 0 bridgehead atoms. The number of piperidine rings is 1. The minimum Gasteiger partial charge on any atom is -0.349 e. The highest BCUT2D eigenvalue weighted by Crippen LogP contribution is 2.26. The van der Waals surface area contributed by atoms with Crippen LogP contribution in [0.15, 0.2) is 72.1 Å². The number of nitrogens with one attached hydrogen (secondary N) is 1. The van der Waals surface area contributed by atoms with Gasteiger partial charge in [0, 0.05) is 36.1 Å². The largest absolute Gasteiger partial charge is 0.349 e. The summed E-state index contributed by atoms with van der Waals surface area (Å²) in [5.41, 5.74) is 3.39. The van der Waals surface area contributed by atoms with E-state index in [-0.39, 0.29) is 11.9 Å². The van der Waals surface area contributed by atoms with Crippen molar-refractivity contribution in [1.29, 1.82) is 0 Å². The van der Waals surface area contributed by atoms with Gasteiger partial charge in [-0.3, -0.25) is 9.69 Å². The zero-order chi connectivity index (χ0) is 18.5. The molecule has 0 aliphatic carbocycles. The lowest BCUT2D eigenvalue weighted by molar-refractivity contribution is 0.0909. The molecule has 27 heavy (non-hydrogen) atoms. The molecule has 0 spiro atoms. The number of likely N-dealkylation sites (tertiary alicyclic amines) is 1. The number of nitrogens with zero attached hydrogens (tertiary/aromatic N) is 1. The van der Waals surface area contributed by atoms with Crippen LogP contribution in [0.5, 0.6) is 0 Å². The predicted octanol–water partition coefficient (Wildman–Crippen LogP) is 4.81. The molecule has 1 aliphatic rings. The third-order valence-electron chi connectivity index (χ3n) is 5.10. The van der Waals surface area contributed by atoms with Crippen molar-refractivity contribution in [2.75, 3.05) is 13.1 Å². The first kappa shape index (κ1) is 18.0. The zero-order valence-electron chi connectivity index (χ0n) is 15.3. The molecule has 4 rings (SSSR count). The summed E-state index contributed by atoms with van der Waals surface area (Å²) < 4.78 is 0. The number of thiophene rings is 1. The summed E-state index contributed by atoms with van der Waals surface area (Å²) in [6.45, 7) is 3.00. The Morgan fingerprint density at radius 3 is 2.56 bits per heavy atom. The van der Waals surface area contributed by atoms with Crippen LogP contribution in [0, 0.1) is 0 Å². The number of carbonyl (C=O) groups excluding carboxylic acids is 1. The van der Waals surface area contributed by atoms with Gasteiger partial charge >= 0.3 is 0 Å². The van der Waals surface area contributed by atoms with Crippen molar-refractivity contribution in [3.8, 4) is 10.4 Å². The van der Waals surface area contributed by atoms with Gasteiger partial charge in [-0.25, -0.2) is 0 Å². The van der Waals surface area contributed by atoms with Crippen LogP contribution in [0.25, 0.3) is 10.4 Å². The Hall–Kier alpha value is -2.43. The van der Waals surface area contributed by atoms with Crippen LogP contribution in [-0.4, -0.2) is 29.9 Å². The first-order valence-electron chi connectivity index (χ1n) is 9.49. The van der Waals surface area contributed by atoms with Gasteiger partial charge < -0.3 is 5.32 Å². The Morgan fingerprint density at radius 2 is 1.81 bits per heavy atom. The lowest BCUT2D eigenvalue weighted by Gasteiger charge is -2.32. The molecule has 1 fully saturated rings. The summed E-state index contributed by atoms with van der Waals surface area (Å²) >= 11 is 1.78. The molecule has 1 saturated heterocycles. The molecule has 3 nitrogen and oxygen atoms in total. The summed E-state index contributed by atoms with van der Waals surface area (Å²) in [6, 6.07) is 22.9. The van der Waals surface area contributed by atoms with E-state index < -0.39 is 0 Å². The molecule has 4 heteroatoms. The van der Waals surface area contributed by atoms with Crippen LogP contribution >= 0.6 is 11.3 Å². The third-order valence-corrected chi connectivity index (χ3v) is 6.02. The standard InChI is InChI=1S/C23H24N2OS/c26-23(19-7-2-1-3-8-19)24-21-11-13-25(14-12-21)17-18-6-4-9-20(16-18)22-10-5-15-27-22/h1-10,15-16,21H,11-14,17H2,(H,24,26). The lowest BCUT2D eigenvalue weighted by Crippen LogP contribution is -2.44. The predicted molar refractivity (Wildman–Crippen MR) is 112 cm³/mol. The van der Waals surface area contributed by atoms with E-state index in [9.17, 15) is 4.79 Å². The molecule has 2 heterocycles. The third kappa shape index (κ3) is 4.65. The Bertz CT molecular complexity index is 868. The zero-order valence-corrected chi connectivity index (χ0v) is 16.1. The number of carbonyl (C=O) groups is 1. The summed E-state index contributed by atoms with van der Waals surface area (Å²) in [5, 5.41) is 5.30. The van der Waals surface area contributed by atoms with Gasteiger partial charge in [0.1, 0.15) is 0 Å². The second-order valence-electron chi connectivity index (χ2n) is 7.07. The van der Waals surface area contributed by atoms with Crippen molar-refractivity contribution >= 4 is 17.2 Å². The second kappa shape index (κ2) is 8.51. The molecule has 0 radical (unpaired) electrons. The molecule has 2 aromatic carbocycles. The Kier molecular flexibility index (Phi) is 5.66. The topological polar surface area (TPSA) is 32.3 Å². The van der Waals surface area contributed by atoms with Crippen LogP contribution in [0.4, 0.5) is 0 Å². The lowest BCUT2D eigenvalue weighted by atomic mass is 10.0. The average molecular weight is 377 g/mol. The SMILES string of the molecule is O=C(NC1CCN(Cc2cccc(-c3cccs3)c2)CC1)c1ccccc1. The van der Waals surface area contributed by atoms with Crippen molar-refractivity contribution in [3.63, 3.8) is 0 Å². The molecule has 0 unspecified atom stereocenters. The highest BCUT2D eigenvalue weighted by atomic mass is 32.1. The van der Waals surface area contributed by atoms with Crippen molar-refractivity contribution in [3.05, 3.63) is 83.2 Å². The molecular weight excluding hydrogens is 352 g/mol. The molecule has 1 aliphatic heterocycles. The second-order valence-corrected chi connectivity index (χ2v) is 8.02. The van der Waals surface area contributed by atoms with E-state index in [1.54, 1.807) is 11.3 Å². The first-order valence-corrected chi connectivity index (χ1v) is 10.4. The van der Waals surface area contributed by atoms with Crippen LogP contribution in [-0.2, 0) is 6.54 Å². The minimum absolute atomic E-state index is 0.0395. The van der Waals surface area contributed by atoms with E-state index in [1.165, 1.54) is 16.0 Å². The normalized spacial score (nSPS) is 15.6. The van der Waals surface area contributed by atoms with Gasteiger partial charge in [0.05, 0.1) is 0 Å². The van der Waals surface area contributed by atoms with E-state index in [1.807, 2.05) is 30.3 Å². The van der Waals surface area contributed by atoms with Gasteiger partial charge in [-0.15, -0.1) is 11.3 Å². The highest BCUT2D eigenvalue weighted by Gasteiger charge is 2.21. The summed E-state index contributed by atoms with van der Waals surface area (Å²) in [7, 11) is 0. The quantitative estimate of drug-likeness (QED) is 0.693. The molecular formula is C23H24N2OS. The summed E-state index contributed by atoms with van der Waals surface area (Å²) in [5.74, 6) is 0.0395. The number of benzene rings is 2. The number of hydrogen-bond acceptors (Lipinski definition) is 3. The van der Waals surface area contributed by atoms with Gasteiger partial charge in [0.2, 0.25) is 0 Å². The van der Waals surface area contributed by atoms with Crippen molar-refractivity contribution < 1.29 is 4.79 Å². The maximum Gasteiger partial charge on any atom is 0.251 e. The van der Waals surface area contributed by atoms with Crippen LogP contribution in [0.1, 0.15) is 28.8 Å². The van der Waals surface area contributed by atoms with Gasteiger partial charge in [0.15, 0.2) is 0 Å². The maximum absolute atomic E-state index is 12.3. The van der Waals surface area contributed by atoms with Crippen molar-refractivity contribution in [2.24, 2.45) is 0 Å². The molecule has 1 amide bonds. The molecule has 138 valence electrons. The number of amides is 1. The van der Waals surface area contributed by atoms with Crippen molar-refractivity contribution in [1.82, 2.24) is 10.2 Å². The monoisotopic (exact) mass is 376 g/mol. The molecule has 1 aromatic heterocycles. The average Bonchev–Trinajstić information content (AvgIpc) is 3.25. The van der Waals surface area contributed by atoms with Crippen LogP contribution in [0.2, 0.25) is 0 Å². The Morgan fingerprint density at radius 1 is 1.00 bits per heavy atom. The minimum atomic E-state index is 0.0395. The van der Waals surface area contributed by atoms with Gasteiger partial charge in [-0.2, -0.15) is 0 Å². The molecule has 0 saturated carbocycles. The van der Waals surface area contributed by atoms with E-state index in [0.29, 0.717) is 0 Å². The summed E-state index contributed by atoms with van der Waals surface area (Å²) in [6.07, 6.45) is 2.01. The molecule has 3 aromatic rings. The van der Waals surface area contributed by atoms with Gasteiger partial charge in [-0.05, 0) is 53.6 Å². The van der Waals surface area contributed by atoms with Gasteiger partial charge in [-0.1, -0.05) is 42.5 Å². The van der Waals surface area contributed by atoms with E-state index in [0.717, 1.165) is 38.0 Å². The van der Waals surface area contributed by atoms with Gasteiger partial charge in [0.25, 0.3) is 5.91 Å². The fraction of sp³-hybridized carbons (Fsp3) is 0.261. The number of rotatable bonds is 5. The first-order chi connectivity index (χ1) is 13.3. The maximum atomic E-state index is 12.3. The van der Waals surface area contributed by atoms with E-state index in [4.69, 9.17) is 0 Å². The fourth-order valence-electron chi connectivity index (χ4n) is 3.62. The van der Waals surface area contributed by atoms with E-state index >= 15 is 0 Å². The van der Waals surface area contributed by atoms with E-state index in [2.05, 4.69) is 52.0 Å². The summed E-state index contributed by atoms with van der Waals surface area (Å²) in [4.78, 5) is 16.1. The number of hydrogen-bond donors (Lipinski definition) is 1. The Balaban J connectivity index is 1.30. The van der Waals surface area contributed by atoms with Crippen LogP contribution < -0.4 is 5.32 Å².